The molecule has 0 spiro atoms. The molecule has 1 aromatic heterocycles. The third-order valence-electron chi connectivity index (χ3n) is 4.84. The van der Waals surface area contributed by atoms with Crippen LogP contribution in [0.1, 0.15) is 35.8 Å². The van der Waals surface area contributed by atoms with E-state index in [9.17, 15) is 13.2 Å². The second kappa shape index (κ2) is 7.48. The molecule has 0 bridgehead atoms. The van der Waals surface area contributed by atoms with E-state index in [2.05, 4.69) is 17.2 Å². The summed E-state index contributed by atoms with van der Waals surface area (Å²) in [4.78, 5) is 17.8. The molecular weight excluding hydrogens is 374 g/mol. The van der Waals surface area contributed by atoms with E-state index < -0.39 is 9.84 Å². The summed E-state index contributed by atoms with van der Waals surface area (Å²) in [7, 11) is -2.97. The number of carbonyl (C=O) groups is 1. The summed E-state index contributed by atoms with van der Waals surface area (Å²) in [5, 5.41) is 4.39. The Morgan fingerprint density at radius 3 is 2.65 bits per heavy atom. The molecule has 0 unspecified atom stereocenters. The average Bonchev–Trinajstić information content (AvgIpc) is 2.91. The predicted octanol–water partition coefficient (Wildman–Crippen LogP) is 2.89. The number of sulfone groups is 1. The lowest BCUT2D eigenvalue weighted by atomic mass is 10.1. The third-order valence-corrected chi connectivity index (χ3v) is 6.67. The Kier molecular flexibility index (Phi) is 5.48. The predicted molar refractivity (Wildman–Crippen MR) is 106 cm³/mol. The molecule has 2 heterocycles. The van der Waals surface area contributed by atoms with Crippen LogP contribution in [0.5, 0.6) is 0 Å². The standard InChI is InChI=1S/C18H24ClN3O3S/c1-3-4-5-20-18(23)16-12(2)14-10-13(19)11-15(17(14)21-16)22-6-8-26(24,25)9-7-22/h10-11,21H,3-9H2,1-2H3,(H,20,23). The fraction of sp³-hybridized carbons (Fsp3) is 0.500. The Morgan fingerprint density at radius 2 is 2.00 bits per heavy atom. The van der Waals surface area contributed by atoms with Gasteiger partial charge in [0.15, 0.2) is 9.84 Å². The van der Waals surface area contributed by atoms with Crippen molar-refractivity contribution in [1.82, 2.24) is 10.3 Å². The van der Waals surface area contributed by atoms with E-state index in [1.807, 2.05) is 24.0 Å². The number of carbonyl (C=O) groups excluding carboxylic acids is 1. The first kappa shape index (κ1) is 19.0. The van der Waals surface area contributed by atoms with Crippen LogP contribution in [0, 0.1) is 6.92 Å². The maximum Gasteiger partial charge on any atom is 0.268 e. The molecule has 1 saturated heterocycles. The zero-order valence-electron chi connectivity index (χ0n) is 15.1. The van der Waals surface area contributed by atoms with E-state index in [0.717, 1.165) is 35.0 Å². The van der Waals surface area contributed by atoms with Gasteiger partial charge in [-0.25, -0.2) is 8.42 Å². The van der Waals surface area contributed by atoms with E-state index in [1.54, 1.807) is 0 Å². The molecule has 8 heteroatoms. The van der Waals surface area contributed by atoms with Gasteiger partial charge in [0.2, 0.25) is 0 Å². The van der Waals surface area contributed by atoms with Gasteiger partial charge in [-0.2, -0.15) is 0 Å². The average molecular weight is 398 g/mol. The smallest absolute Gasteiger partial charge is 0.268 e. The van der Waals surface area contributed by atoms with Gasteiger partial charge in [-0.05, 0) is 31.0 Å². The molecule has 1 fully saturated rings. The van der Waals surface area contributed by atoms with Crippen molar-refractivity contribution in [3.05, 3.63) is 28.4 Å². The van der Waals surface area contributed by atoms with Crippen LogP contribution in [-0.2, 0) is 9.84 Å². The first-order chi connectivity index (χ1) is 12.3. The third kappa shape index (κ3) is 3.83. The molecule has 1 amide bonds. The van der Waals surface area contributed by atoms with Crippen molar-refractivity contribution in [2.75, 3.05) is 36.0 Å². The summed E-state index contributed by atoms with van der Waals surface area (Å²) in [5.74, 6) is 0.131. The van der Waals surface area contributed by atoms with Gasteiger partial charge in [0.25, 0.3) is 5.91 Å². The number of anilines is 1. The summed E-state index contributed by atoms with van der Waals surface area (Å²) in [6, 6.07) is 3.67. The molecule has 2 N–H and O–H groups in total. The van der Waals surface area contributed by atoms with E-state index in [-0.39, 0.29) is 17.4 Å². The summed E-state index contributed by atoms with van der Waals surface area (Å²) >= 11 is 6.30. The minimum atomic E-state index is -2.97. The van der Waals surface area contributed by atoms with Crippen molar-refractivity contribution in [3.63, 3.8) is 0 Å². The fourth-order valence-electron chi connectivity index (χ4n) is 3.27. The molecule has 1 aromatic carbocycles. The molecule has 142 valence electrons. The van der Waals surface area contributed by atoms with Gasteiger partial charge >= 0.3 is 0 Å². The van der Waals surface area contributed by atoms with E-state index in [4.69, 9.17) is 11.6 Å². The molecule has 2 aromatic rings. The number of rotatable bonds is 5. The number of halogens is 1. The van der Waals surface area contributed by atoms with E-state index >= 15 is 0 Å². The van der Waals surface area contributed by atoms with Crippen LogP contribution in [0.15, 0.2) is 12.1 Å². The molecule has 0 aliphatic carbocycles. The maximum absolute atomic E-state index is 12.5. The van der Waals surface area contributed by atoms with Crippen LogP contribution in [0.4, 0.5) is 5.69 Å². The highest BCUT2D eigenvalue weighted by Gasteiger charge is 2.25. The molecule has 0 saturated carbocycles. The lowest BCUT2D eigenvalue weighted by Crippen LogP contribution is -2.40. The van der Waals surface area contributed by atoms with Crippen LogP contribution in [0.3, 0.4) is 0 Å². The second-order valence-electron chi connectivity index (χ2n) is 6.72. The number of fused-ring (bicyclic) bond motifs is 1. The molecule has 26 heavy (non-hydrogen) atoms. The van der Waals surface area contributed by atoms with E-state index in [1.165, 1.54) is 0 Å². The van der Waals surface area contributed by atoms with Crippen LogP contribution in [0.2, 0.25) is 5.02 Å². The highest BCUT2D eigenvalue weighted by atomic mass is 35.5. The number of nitrogens with one attached hydrogen (secondary N) is 2. The Hall–Kier alpha value is -1.73. The number of nitrogens with zero attached hydrogens (tertiary/aromatic N) is 1. The van der Waals surface area contributed by atoms with Crippen molar-refractivity contribution < 1.29 is 13.2 Å². The second-order valence-corrected chi connectivity index (χ2v) is 9.46. The molecule has 0 atom stereocenters. The summed E-state index contributed by atoms with van der Waals surface area (Å²) in [6.45, 7) is 5.46. The highest BCUT2D eigenvalue weighted by Crippen LogP contribution is 2.34. The normalized spacial score (nSPS) is 16.8. The van der Waals surface area contributed by atoms with Gasteiger partial charge in [0.1, 0.15) is 5.69 Å². The molecule has 1 aliphatic heterocycles. The number of amides is 1. The minimum absolute atomic E-state index is 0.129. The van der Waals surface area contributed by atoms with Crippen molar-refractivity contribution in [2.45, 2.75) is 26.7 Å². The number of aromatic amines is 1. The first-order valence-electron chi connectivity index (χ1n) is 8.88. The Morgan fingerprint density at radius 1 is 1.31 bits per heavy atom. The van der Waals surface area contributed by atoms with Gasteiger partial charge in [0.05, 0.1) is 22.7 Å². The van der Waals surface area contributed by atoms with Crippen molar-refractivity contribution >= 4 is 43.9 Å². The first-order valence-corrected chi connectivity index (χ1v) is 11.1. The van der Waals surface area contributed by atoms with Crippen LogP contribution < -0.4 is 10.2 Å². The van der Waals surface area contributed by atoms with Gasteiger partial charge in [-0.1, -0.05) is 24.9 Å². The van der Waals surface area contributed by atoms with Gasteiger partial charge in [-0.15, -0.1) is 0 Å². The van der Waals surface area contributed by atoms with Gasteiger partial charge in [-0.3, -0.25) is 4.79 Å². The quantitative estimate of drug-likeness (QED) is 0.760. The minimum Gasteiger partial charge on any atom is -0.368 e. The summed E-state index contributed by atoms with van der Waals surface area (Å²) < 4.78 is 23.4. The number of aromatic nitrogens is 1. The SMILES string of the molecule is CCCCNC(=O)c1[nH]c2c(N3CCS(=O)(=O)CC3)cc(Cl)cc2c1C. The van der Waals surface area contributed by atoms with Gasteiger partial charge in [0, 0.05) is 30.0 Å². The number of aryl methyl sites for hydroxylation is 1. The van der Waals surface area contributed by atoms with Crippen LogP contribution in [0.25, 0.3) is 10.9 Å². The zero-order valence-corrected chi connectivity index (χ0v) is 16.6. The molecule has 3 rings (SSSR count). The Balaban J connectivity index is 1.97. The van der Waals surface area contributed by atoms with Gasteiger partial charge < -0.3 is 15.2 Å². The molecule has 1 aliphatic rings. The number of hydrogen-bond acceptors (Lipinski definition) is 4. The number of hydrogen-bond donors (Lipinski definition) is 2. The Labute approximate surface area is 158 Å². The topological polar surface area (TPSA) is 82.3 Å². The fourth-order valence-corrected chi connectivity index (χ4v) is 4.68. The molecule has 6 nitrogen and oxygen atoms in total. The highest BCUT2D eigenvalue weighted by molar-refractivity contribution is 7.91. The lowest BCUT2D eigenvalue weighted by molar-refractivity contribution is 0.0948. The number of benzene rings is 1. The summed E-state index contributed by atoms with van der Waals surface area (Å²) in [6.07, 6.45) is 1.95. The maximum atomic E-state index is 12.5. The largest absolute Gasteiger partial charge is 0.368 e. The van der Waals surface area contributed by atoms with Crippen molar-refractivity contribution in [1.29, 1.82) is 0 Å². The molecule has 0 radical (unpaired) electrons. The number of H-pyrrole nitrogens is 1. The van der Waals surface area contributed by atoms with E-state index in [0.29, 0.717) is 30.4 Å². The monoisotopic (exact) mass is 397 g/mol. The lowest BCUT2D eigenvalue weighted by Gasteiger charge is -2.29. The molecular formula is C18H24ClN3O3S. The van der Waals surface area contributed by atoms with Crippen molar-refractivity contribution in [2.24, 2.45) is 0 Å². The van der Waals surface area contributed by atoms with Crippen LogP contribution >= 0.6 is 11.6 Å². The summed E-state index contributed by atoms with van der Waals surface area (Å²) in [5.41, 5.74) is 3.05. The zero-order chi connectivity index (χ0) is 18.9. The Bertz CT molecular complexity index is 923. The van der Waals surface area contributed by atoms with Crippen LogP contribution in [-0.4, -0.2) is 50.4 Å². The number of unbranched alkanes of at least 4 members (excludes halogenated alkanes) is 1. The van der Waals surface area contributed by atoms with Crippen molar-refractivity contribution in [3.8, 4) is 0 Å².